The maximum atomic E-state index is 13.9. The molecule has 3 aromatic heterocycles. The number of hydrogen-bond acceptors (Lipinski definition) is 7. The van der Waals surface area contributed by atoms with Crippen LogP contribution in [-0.2, 0) is 11.2 Å². The standard InChI is InChI=1S/C28H24FN7OS/c1-2-25(37)34-18-9-16(12-31-13-18)15-3-6-21-20(10-15)27(33-14-32-21)28-35-22-11-17(30)4-5-19(26(22)36-28)23-7-8-24(29)38-23/h3-10,12-13,32H,2,11,14,30H2,1H3,(H,34,37)(H,35,36). The molecule has 5 N–H and O–H groups in total. The number of H-pyrrole nitrogens is 1. The number of nitrogens with zero attached hydrogens (tertiary/aromatic N) is 3. The number of fused-ring (bicyclic) bond motifs is 2. The van der Waals surface area contributed by atoms with Gasteiger partial charge in [-0.3, -0.25) is 14.8 Å². The number of carbonyl (C=O) groups excluding carboxylic acids is 1. The van der Waals surface area contributed by atoms with Gasteiger partial charge in [0.15, 0.2) is 11.0 Å². The fourth-order valence-corrected chi connectivity index (χ4v) is 5.30. The monoisotopic (exact) mass is 525 g/mol. The fourth-order valence-electron chi connectivity index (χ4n) is 4.54. The molecule has 1 aromatic carbocycles. The van der Waals surface area contributed by atoms with Crippen LogP contribution in [0.5, 0.6) is 0 Å². The van der Waals surface area contributed by atoms with E-state index in [0.29, 0.717) is 36.7 Å². The van der Waals surface area contributed by atoms with Crippen LogP contribution in [0.25, 0.3) is 16.7 Å². The Bertz CT molecular complexity index is 1660. The van der Waals surface area contributed by atoms with E-state index in [-0.39, 0.29) is 11.0 Å². The molecule has 2 aliphatic rings. The fraction of sp³-hybridized carbons (Fsp3) is 0.143. The third-order valence-corrected chi connectivity index (χ3v) is 7.31. The highest BCUT2D eigenvalue weighted by Gasteiger charge is 2.25. The molecule has 8 nitrogen and oxygen atoms in total. The Balaban J connectivity index is 1.39. The second-order valence-corrected chi connectivity index (χ2v) is 10.0. The van der Waals surface area contributed by atoms with Crippen LogP contribution in [0.15, 0.2) is 71.6 Å². The minimum atomic E-state index is -0.253. The number of allylic oxidation sites excluding steroid dienone is 3. The van der Waals surface area contributed by atoms with E-state index in [9.17, 15) is 9.18 Å². The summed E-state index contributed by atoms with van der Waals surface area (Å²) in [6.45, 7) is 2.22. The van der Waals surface area contributed by atoms with Gasteiger partial charge in [-0.05, 0) is 48.0 Å². The molecule has 0 fully saturated rings. The molecule has 0 saturated carbocycles. The van der Waals surface area contributed by atoms with Gasteiger partial charge in [0, 0.05) is 57.7 Å². The molecule has 4 aromatic rings. The Labute approximate surface area is 222 Å². The van der Waals surface area contributed by atoms with Crippen LogP contribution in [0.1, 0.15) is 41.0 Å². The molecule has 0 saturated heterocycles. The number of nitrogens with one attached hydrogen (secondary N) is 3. The molecule has 10 heteroatoms. The Morgan fingerprint density at radius 3 is 2.87 bits per heavy atom. The molecule has 1 amide bonds. The summed E-state index contributed by atoms with van der Waals surface area (Å²) in [6.07, 6.45) is 8.02. The van der Waals surface area contributed by atoms with Crippen LogP contribution >= 0.6 is 11.3 Å². The summed E-state index contributed by atoms with van der Waals surface area (Å²) in [5, 5.41) is 5.93. The molecule has 0 unspecified atom stereocenters. The number of benzene rings is 1. The largest absolute Gasteiger partial charge is 0.402 e. The topological polar surface area (TPSA) is 121 Å². The molecule has 6 rings (SSSR count). The second-order valence-electron chi connectivity index (χ2n) is 8.98. The first-order valence-electron chi connectivity index (χ1n) is 12.2. The average molecular weight is 526 g/mol. The van der Waals surface area contributed by atoms with Crippen molar-refractivity contribution in [3.8, 4) is 11.1 Å². The molecular formula is C28H24FN7OS. The number of thiophene rings is 1. The quantitative estimate of drug-likeness (QED) is 0.290. The lowest BCUT2D eigenvalue weighted by Crippen LogP contribution is -2.18. The van der Waals surface area contributed by atoms with E-state index in [2.05, 4.69) is 20.6 Å². The SMILES string of the molecule is CCC(=O)Nc1cncc(-c2ccc3c(c2)C(c2nc4c([nH]2)CC(N)=CC=C4c2ccc(F)s2)=NCN3)c1. The summed E-state index contributed by atoms with van der Waals surface area (Å²) in [5.74, 6) is 0.550. The van der Waals surface area contributed by atoms with Gasteiger partial charge in [-0.15, -0.1) is 11.3 Å². The Kier molecular flexibility index (Phi) is 6.09. The van der Waals surface area contributed by atoms with Crippen molar-refractivity contribution in [1.82, 2.24) is 15.0 Å². The molecule has 0 radical (unpaired) electrons. The van der Waals surface area contributed by atoms with Gasteiger partial charge in [0.05, 0.1) is 17.6 Å². The van der Waals surface area contributed by atoms with Gasteiger partial charge < -0.3 is 21.4 Å². The van der Waals surface area contributed by atoms with E-state index in [0.717, 1.165) is 61.3 Å². The lowest BCUT2D eigenvalue weighted by molar-refractivity contribution is -0.115. The molecule has 4 heterocycles. The number of halogens is 1. The molecule has 1 aliphatic heterocycles. The van der Waals surface area contributed by atoms with Crippen molar-refractivity contribution in [2.45, 2.75) is 19.8 Å². The predicted molar refractivity (Wildman–Crippen MR) is 149 cm³/mol. The summed E-state index contributed by atoms with van der Waals surface area (Å²) in [7, 11) is 0. The van der Waals surface area contributed by atoms with Crippen molar-refractivity contribution < 1.29 is 9.18 Å². The van der Waals surface area contributed by atoms with Crippen molar-refractivity contribution in [2.75, 3.05) is 17.3 Å². The first-order valence-corrected chi connectivity index (χ1v) is 13.0. The third kappa shape index (κ3) is 4.50. The van der Waals surface area contributed by atoms with Gasteiger partial charge in [0.2, 0.25) is 5.91 Å². The van der Waals surface area contributed by atoms with E-state index >= 15 is 0 Å². The number of pyridine rings is 1. The zero-order valence-corrected chi connectivity index (χ0v) is 21.3. The number of amides is 1. The van der Waals surface area contributed by atoms with Gasteiger partial charge in [0.25, 0.3) is 0 Å². The number of aliphatic imine (C=N–C) groups is 1. The van der Waals surface area contributed by atoms with Crippen LogP contribution in [0.3, 0.4) is 0 Å². The van der Waals surface area contributed by atoms with Gasteiger partial charge >= 0.3 is 0 Å². The minimum absolute atomic E-state index is 0.0696. The van der Waals surface area contributed by atoms with E-state index < -0.39 is 0 Å². The van der Waals surface area contributed by atoms with Crippen molar-refractivity contribution in [2.24, 2.45) is 10.7 Å². The Morgan fingerprint density at radius 1 is 1.16 bits per heavy atom. The zero-order valence-electron chi connectivity index (χ0n) is 20.5. The zero-order chi connectivity index (χ0) is 26.2. The molecule has 0 atom stereocenters. The lowest BCUT2D eigenvalue weighted by Gasteiger charge is -2.19. The molecule has 1 aliphatic carbocycles. The van der Waals surface area contributed by atoms with Crippen molar-refractivity contribution in [1.29, 1.82) is 0 Å². The molecule has 0 spiro atoms. The molecular weight excluding hydrogens is 501 g/mol. The molecule has 0 bridgehead atoms. The maximum Gasteiger partial charge on any atom is 0.224 e. The van der Waals surface area contributed by atoms with Gasteiger partial charge in [-0.1, -0.05) is 13.0 Å². The summed E-state index contributed by atoms with van der Waals surface area (Å²) in [5.41, 5.74) is 14.3. The third-order valence-electron chi connectivity index (χ3n) is 6.40. The average Bonchev–Trinajstić information content (AvgIpc) is 3.51. The van der Waals surface area contributed by atoms with Crippen LogP contribution < -0.4 is 16.4 Å². The van der Waals surface area contributed by atoms with Gasteiger partial charge in [0.1, 0.15) is 12.4 Å². The van der Waals surface area contributed by atoms with E-state index in [1.54, 1.807) is 25.4 Å². The summed E-state index contributed by atoms with van der Waals surface area (Å²) in [6, 6.07) is 11.2. The van der Waals surface area contributed by atoms with Crippen molar-refractivity contribution >= 4 is 39.9 Å². The van der Waals surface area contributed by atoms with Crippen LogP contribution in [0, 0.1) is 5.13 Å². The van der Waals surface area contributed by atoms with Crippen LogP contribution in [-0.4, -0.2) is 33.2 Å². The lowest BCUT2D eigenvalue weighted by atomic mass is 9.98. The highest BCUT2D eigenvalue weighted by Crippen LogP contribution is 2.34. The predicted octanol–water partition coefficient (Wildman–Crippen LogP) is 5.07. The normalized spacial score (nSPS) is 14.3. The smallest absolute Gasteiger partial charge is 0.224 e. The number of aromatic nitrogens is 3. The van der Waals surface area contributed by atoms with Crippen molar-refractivity contribution in [3.63, 3.8) is 0 Å². The van der Waals surface area contributed by atoms with Crippen LogP contribution in [0.4, 0.5) is 15.8 Å². The number of nitrogens with two attached hydrogens (primary N) is 1. The van der Waals surface area contributed by atoms with E-state index in [1.165, 1.54) is 6.07 Å². The Morgan fingerprint density at radius 2 is 2.05 bits per heavy atom. The molecule has 38 heavy (non-hydrogen) atoms. The number of anilines is 2. The summed E-state index contributed by atoms with van der Waals surface area (Å²) >= 11 is 1.08. The van der Waals surface area contributed by atoms with E-state index in [1.807, 2.05) is 36.4 Å². The number of aromatic amines is 1. The van der Waals surface area contributed by atoms with Crippen molar-refractivity contribution in [3.05, 3.63) is 99.4 Å². The second kappa shape index (κ2) is 9.71. The first kappa shape index (κ1) is 23.8. The van der Waals surface area contributed by atoms with Gasteiger partial charge in [-0.2, -0.15) is 4.39 Å². The highest BCUT2D eigenvalue weighted by atomic mass is 32.1. The summed E-state index contributed by atoms with van der Waals surface area (Å²) in [4.78, 5) is 30.1. The van der Waals surface area contributed by atoms with Crippen LogP contribution in [0.2, 0.25) is 0 Å². The highest BCUT2D eigenvalue weighted by molar-refractivity contribution is 7.11. The maximum absolute atomic E-state index is 13.9. The number of carbonyl (C=O) groups is 1. The molecule has 190 valence electrons. The number of rotatable bonds is 5. The minimum Gasteiger partial charge on any atom is -0.402 e. The summed E-state index contributed by atoms with van der Waals surface area (Å²) < 4.78 is 13.9. The number of imidazole rings is 1. The van der Waals surface area contributed by atoms with E-state index in [4.69, 9.17) is 15.7 Å². The number of hydrogen-bond donors (Lipinski definition) is 4. The van der Waals surface area contributed by atoms with Gasteiger partial charge in [-0.25, -0.2) is 4.98 Å². The Hall–Kier alpha value is -4.57. The first-order chi connectivity index (χ1) is 18.5.